The third-order valence-electron chi connectivity index (χ3n) is 2.56. The van der Waals surface area contributed by atoms with Crippen LogP contribution in [0, 0.1) is 6.92 Å². The maximum Gasteiger partial charge on any atom is 0.322 e. The van der Waals surface area contributed by atoms with E-state index >= 15 is 0 Å². The van der Waals surface area contributed by atoms with Crippen LogP contribution >= 0.6 is 39.0 Å². The Morgan fingerprint density at radius 2 is 2.28 bits per heavy atom. The predicted octanol–water partition coefficient (Wildman–Crippen LogP) is 1.97. The van der Waals surface area contributed by atoms with E-state index in [9.17, 15) is 13.2 Å². The van der Waals surface area contributed by atoms with Crippen LogP contribution in [-0.4, -0.2) is 41.5 Å². The summed E-state index contributed by atoms with van der Waals surface area (Å²) in [5, 5.41) is 9.04. The first-order valence-electron chi connectivity index (χ1n) is 4.92. The molecule has 1 atom stereocenters. The quantitative estimate of drug-likeness (QED) is 0.878. The van der Waals surface area contributed by atoms with Gasteiger partial charge in [0.15, 0.2) is 0 Å². The second-order valence-electron chi connectivity index (χ2n) is 3.72. The Labute approximate surface area is 121 Å². The van der Waals surface area contributed by atoms with Crippen molar-refractivity contribution in [3.63, 3.8) is 0 Å². The molecule has 1 N–H and O–H groups in total. The lowest BCUT2D eigenvalue weighted by Gasteiger charge is -2.19. The monoisotopic (exact) mass is 371 g/mol. The number of carbonyl (C=O) groups is 1. The van der Waals surface area contributed by atoms with Crippen molar-refractivity contribution in [2.24, 2.45) is 0 Å². The Morgan fingerprint density at radius 3 is 2.78 bits per heavy atom. The van der Waals surface area contributed by atoms with Crippen LogP contribution in [0.1, 0.15) is 4.88 Å². The molecule has 1 aliphatic rings. The number of aryl methyl sites for hydroxylation is 1. The van der Waals surface area contributed by atoms with Gasteiger partial charge in [-0.3, -0.25) is 4.79 Å². The van der Waals surface area contributed by atoms with Crippen LogP contribution in [0.5, 0.6) is 0 Å². The number of thiophene rings is 1. The highest BCUT2D eigenvalue weighted by atomic mass is 79.9. The lowest BCUT2D eigenvalue weighted by Crippen LogP contribution is -2.41. The minimum Gasteiger partial charge on any atom is -0.480 e. The number of aliphatic carboxylic acids is 1. The molecule has 0 amide bonds. The molecule has 0 saturated carbocycles. The van der Waals surface area contributed by atoms with Gasteiger partial charge < -0.3 is 5.11 Å². The Kier molecular flexibility index (Phi) is 4.07. The van der Waals surface area contributed by atoms with Crippen LogP contribution in [0.25, 0.3) is 0 Å². The SMILES string of the molecule is Cc1sc(Br)cc1S(=O)(=O)N1CSC[C@H]1C(=O)O. The molecule has 1 aliphatic heterocycles. The molecule has 0 spiro atoms. The molecule has 0 aliphatic carbocycles. The zero-order valence-electron chi connectivity index (χ0n) is 9.29. The zero-order chi connectivity index (χ0) is 13.5. The normalized spacial score (nSPS) is 21.3. The molecule has 0 bridgehead atoms. The van der Waals surface area contributed by atoms with Gasteiger partial charge in [-0.1, -0.05) is 0 Å². The van der Waals surface area contributed by atoms with E-state index in [0.717, 1.165) is 8.09 Å². The molecule has 18 heavy (non-hydrogen) atoms. The summed E-state index contributed by atoms with van der Waals surface area (Å²) in [5.41, 5.74) is 0. The first-order valence-corrected chi connectivity index (χ1v) is 9.13. The molecule has 5 nitrogen and oxygen atoms in total. The summed E-state index contributed by atoms with van der Waals surface area (Å²) < 4.78 is 26.6. The fourth-order valence-corrected chi connectivity index (χ4v) is 7.19. The zero-order valence-corrected chi connectivity index (χ0v) is 13.3. The van der Waals surface area contributed by atoms with Crippen molar-refractivity contribution >= 4 is 55.0 Å². The number of hydrogen-bond donors (Lipinski definition) is 1. The second kappa shape index (κ2) is 5.12. The van der Waals surface area contributed by atoms with Gasteiger partial charge in [0.1, 0.15) is 6.04 Å². The van der Waals surface area contributed by atoms with Crippen molar-refractivity contribution in [3.05, 3.63) is 14.7 Å². The molecular formula is C9H10BrNO4S3. The third kappa shape index (κ3) is 2.46. The Balaban J connectivity index is 2.43. The molecule has 1 fully saturated rings. The molecule has 0 unspecified atom stereocenters. The number of nitrogens with zero attached hydrogens (tertiary/aromatic N) is 1. The van der Waals surface area contributed by atoms with Gasteiger partial charge in [-0.25, -0.2) is 8.42 Å². The molecule has 2 heterocycles. The summed E-state index contributed by atoms with van der Waals surface area (Å²) in [6.45, 7) is 1.71. The molecule has 1 saturated heterocycles. The first-order chi connectivity index (χ1) is 8.34. The molecule has 9 heteroatoms. The fourth-order valence-electron chi connectivity index (χ4n) is 1.67. The second-order valence-corrected chi connectivity index (χ2v) is 9.21. The van der Waals surface area contributed by atoms with Crippen LogP contribution in [0.2, 0.25) is 0 Å². The largest absolute Gasteiger partial charge is 0.480 e. The van der Waals surface area contributed by atoms with Gasteiger partial charge in [0.2, 0.25) is 10.0 Å². The minimum absolute atomic E-state index is 0.187. The summed E-state index contributed by atoms with van der Waals surface area (Å²) in [5.74, 6) is -0.624. The smallest absolute Gasteiger partial charge is 0.322 e. The highest BCUT2D eigenvalue weighted by Crippen LogP contribution is 2.35. The molecule has 1 aromatic heterocycles. The number of rotatable bonds is 3. The van der Waals surface area contributed by atoms with Crippen molar-refractivity contribution in [1.82, 2.24) is 4.31 Å². The number of carboxylic acid groups (broad SMARTS) is 1. The Morgan fingerprint density at radius 1 is 1.61 bits per heavy atom. The molecule has 0 radical (unpaired) electrons. The van der Waals surface area contributed by atoms with E-state index in [1.165, 1.54) is 29.2 Å². The van der Waals surface area contributed by atoms with E-state index in [2.05, 4.69) is 15.9 Å². The van der Waals surface area contributed by atoms with Gasteiger partial charge in [0.05, 0.1) is 14.6 Å². The van der Waals surface area contributed by atoms with Gasteiger partial charge in [-0.2, -0.15) is 4.31 Å². The molecule has 100 valence electrons. The van der Waals surface area contributed by atoms with E-state index in [0.29, 0.717) is 10.6 Å². The van der Waals surface area contributed by atoms with Crippen molar-refractivity contribution in [1.29, 1.82) is 0 Å². The maximum atomic E-state index is 12.4. The number of hydrogen-bond acceptors (Lipinski definition) is 5. The highest BCUT2D eigenvalue weighted by molar-refractivity contribution is 9.11. The summed E-state index contributed by atoms with van der Waals surface area (Å²) >= 11 is 5.87. The summed E-state index contributed by atoms with van der Waals surface area (Å²) in [6.07, 6.45) is 0. The molecule has 0 aromatic carbocycles. The number of halogens is 1. The van der Waals surface area contributed by atoms with Gasteiger partial charge >= 0.3 is 5.97 Å². The van der Waals surface area contributed by atoms with E-state index < -0.39 is 22.0 Å². The van der Waals surface area contributed by atoms with Crippen LogP contribution < -0.4 is 0 Å². The van der Waals surface area contributed by atoms with E-state index in [1.54, 1.807) is 6.92 Å². The average Bonchev–Trinajstić information content (AvgIpc) is 2.84. The van der Waals surface area contributed by atoms with Crippen LogP contribution in [-0.2, 0) is 14.8 Å². The van der Waals surface area contributed by atoms with Crippen LogP contribution in [0.3, 0.4) is 0 Å². The standard InChI is InChI=1S/C9H10BrNO4S3/c1-5-7(2-8(10)17-5)18(14,15)11-4-16-3-6(11)9(12)13/h2,6H,3-4H2,1H3,(H,12,13)/t6-/m0/s1. The minimum atomic E-state index is -3.73. The van der Waals surface area contributed by atoms with E-state index in [1.807, 2.05) is 0 Å². The molecule has 1 aromatic rings. The van der Waals surface area contributed by atoms with Gasteiger partial charge in [-0.05, 0) is 28.9 Å². The van der Waals surface area contributed by atoms with Crippen molar-refractivity contribution < 1.29 is 18.3 Å². The van der Waals surface area contributed by atoms with E-state index in [-0.39, 0.29) is 10.8 Å². The third-order valence-corrected chi connectivity index (χ3v) is 7.39. The number of carboxylic acids is 1. The van der Waals surface area contributed by atoms with Gasteiger partial charge in [0.25, 0.3) is 0 Å². The van der Waals surface area contributed by atoms with Gasteiger partial charge in [-0.15, -0.1) is 23.1 Å². The van der Waals surface area contributed by atoms with Crippen molar-refractivity contribution in [2.75, 3.05) is 11.6 Å². The molecular weight excluding hydrogens is 362 g/mol. The lowest BCUT2D eigenvalue weighted by atomic mass is 10.4. The van der Waals surface area contributed by atoms with Crippen LogP contribution in [0.4, 0.5) is 0 Å². The summed E-state index contributed by atoms with van der Waals surface area (Å²) in [4.78, 5) is 11.9. The number of sulfonamides is 1. The van der Waals surface area contributed by atoms with Crippen LogP contribution in [0.15, 0.2) is 14.7 Å². The van der Waals surface area contributed by atoms with Crippen molar-refractivity contribution in [2.45, 2.75) is 17.9 Å². The Bertz CT molecular complexity index is 583. The predicted molar refractivity (Wildman–Crippen MR) is 74.5 cm³/mol. The topological polar surface area (TPSA) is 74.7 Å². The number of thioether (sulfide) groups is 1. The van der Waals surface area contributed by atoms with Crippen molar-refractivity contribution in [3.8, 4) is 0 Å². The summed E-state index contributed by atoms with van der Waals surface area (Å²) in [7, 11) is -3.73. The molecule has 2 rings (SSSR count). The summed E-state index contributed by atoms with van der Waals surface area (Å²) in [6, 6.07) is 0.551. The van der Waals surface area contributed by atoms with Gasteiger partial charge in [0, 0.05) is 10.6 Å². The Hall–Kier alpha value is -0.0900. The maximum absolute atomic E-state index is 12.4. The highest BCUT2D eigenvalue weighted by Gasteiger charge is 2.41. The average molecular weight is 372 g/mol. The fraction of sp³-hybridized carbons (Fsp3) is 0.444. The lowest BCUT2D eigenvalue weighted by molar-refractivity contribution is -0.140. The first kappa shape index (κ1) is 14.3. The van der Waals surface area contributed by atoms with E-state index in [4.69, 9.17) is 5.11 Å².